The van der Waals surface area contributed by atoms with E-state index in [4.69, 9.17) is 5.73 Å². The average molecular weight is 786 g/mol. The van der Waals surface area contributed by atoms with Gasteiger partial charge in [-0.15, -0.1) is 5.43 Å². The second kappa shape index (κ2) is 23.5. The molecule has 20 heteroatoms. The van der Waals surface area contributed by atoms with E-state index in [9.17, 15) is 53.9 Å². The second-order valence-corrected chi connectivity index (χ2v) is 13.3. The lowest BCUT2D eigenvalue weighted by Crippen LogP contribution is -2.57. The molecule has 11 N–H and O–H groups in total. The van der Waals surface area contributed by atoms with Gasteiger partial charge in [0.15, 0.2) is 11.1 Å². The summed E-state index contributed by atoms with van der Waals surface area (Å²) in [7, 11) is 0. The number of aromatic hydroxyl groups is 1. The van der Waals surface area contributed by atoms with Crippen molar-refractivity contribution < 1.29 is 48.8 Å². The fraction of sp³-hybridized carbons (Fsp3) is 0.472. The summed E-state index contributed by atoms with van der Waals surface area (Å²) in [6, 6.07) is 8.19. The van der Waals surface area contributed by atoms with Crippen LogP contribution in [0, 0.1) is 16.0 Å². The largest absolute Gasteiger partial charge is 0.508 e. The molecule has 2 aromatic rings. The summed E-state index contributed by atoms with van der Waals surface area (Å²) < 4.78 is 0. The Hall–Kier alpha value is -6.31. The van der Waals surface area contributed by atoms with Gasteiger partial charge in [0, 0.05) is 12.8 Å². The fourth-order valence-corrected chi connectivity index (χ4v) is 5.26. The first-order valence-electron chi connectivity index (χ1n) is 17.9. The summed E-state index contributed by atoms with van der Waals surface area (Å²) >= 11 is 0. The van der Waals surface area contributed by atoms with Crippen LogP contribution >= 0.6 is 0 Å². The summed E-state index contributed by atoms with van der Waals surface area (Å²) in [6.07, 6.45) is 1.04. The van der Waals surface area contributed by atoms with Gasteiger partial charge in [-0.1, -0.05) is 56.3 Å². The number of carboxylic acids is 1. The normalized spacial score (nSPS) is 13.4. The Kier molecular flexibility index (Phi) is 19.2. The van der Waals surface area contributed by atoms with Crippen molar-refractivity contribution in [3.63, 3.8) is 0 Å². The number of nitrogens with one attached hydrogen (secondary N) is 7. The SMILES string of the molecule is CC(C)[C@H](NC(=O)CNC(=O)[C@H](Cc1ccc(O)cc1)N[N+](=O)[O-])C(=O)N[C@@H](C)C(=O)NCC(=O)N[C@@H](Cc1ccccc1)C(=O)N[C@@H](CCCCN)C(=O)O. The average Bonchev–Trinajstić information content (AvgIpc) is 3.14. The number of nitrogens with zero attached hydrogens (tertiary/aromatic N) is 1. The Morgan fingerprint density at radius 2 is 1.27 bits per heavy atom. The van der Waals surface area contributed by atoms with E-state index >= 15 is 0 Å². The van der Waals surface area contributed by atoms with Gasteiger partial charge in [-0.25, -0.2) is 14.9 Å². The maximum Gasteiger partial charge on any atom is 0.326 e. The topological polar surface area (TPSA) is 313 Å². The standard InChI is InChI=1S/C36H51N9O11/c1-21(2)31(43-30(48)20-39-33(50)28(44-45(55)56)18-24-12-14-25(46)15-13-24)35(52)40-22(3)32(49)38-19-29(47)41-27(17-23-9-5-4-6-10-23)34(51)42-26(36(53)54)11-7-8-16-37/h4-6,9-10,12-15,21-22,26-28,31,44,46H,7-8,11,16-20,37H2,1-3H3,(H,38,49)(H,39,50)(H,40,52)(H,41,47)(H,42,51)(H,43,48)(H,53,54)/t22-,26-,27-,28-,31-/m0/s1. The van der Waals surface area contributed by atoms with Gasteiger partial charge in [-0.2, -0.15) is 0 Å². The Labute approximate surface area is 323 Å². The van der Waals surface area contributed by atoms with Crippen molar-refractivity contribution in [1.82, 2.24) is 37.3 Å². The van der Waals surface area contributed by atoms with E-state index in [0.29, 0.717) is 30.5 Å². The van der Waals surface area contributed by atoms with Crippen molar-refractivity contribution in [1.29, 1.82) is 0 Å². The number of hydrazine groups is 1. The fourth-order valence-electron chi connectivity index (χ4n) is 5.26. The molecule has 5 atom stereocenters. The molecular formula is C36H51N9O11. The molecular weight excluding hydrogens is 734 g/mol. The molecule has 20 nitrogen and oxygen atoms in total. The van der Waals surface area contributed by atoms with E-state index in [-0.39, 0.29) is 25.0 Å². The van der Waals surface area contributed by atoms with Gasteiger partial charge in [0.05, 0.1) is 13.1 Å². The zero-order valence-corrected chi connectivity index (χ0v) is 31.4. The van der Waals surface area contributed by atoms with E-state index < -0.39 is 95.7 Å². The monoisotopic (exact) mass is 785 g/mol. The number of carboxylic acid groups (broad SMARTS) is 1. The molecule has 0 radical (unpaired) electrons. The molecule has 56 heavy (non-hydrogen) atoms. The van der Waals surface area contributed by atoms with Crippen LogP contribution in [0.1, 0.15) is 51.2 Å². The summed E-state index contributed by atoms with van der Waals surface area (Å²) in [6.45, 7) is 3.70. The molecule has 2 aromatic carbocycles. The number of phenolic OH excluding ortho intramolecular Hbond substituents is 1. The Bertz CT molecular complexity index is 1660. The number of carbonyl (C=O) groups excluding carboxylic acids is 6. The Morgan fingerprint density at radius 1 is 0.696 bits per heavy atom. The van der Waals surface area contributed by atoms with Crippen LogP contribution in [0.25, 0.3) is 0 Å². The summed E-state index contributed by atoms with van der Waals surface area (Å²) in [5, 5.41) is 43.8. The predicted molar refractivity (Wildman–Crippen MR) is 201 cm³/mol. The van der Waals surface area contributed by atoms with Gasteiger partial charge in [0.2, 0.25) is 35.4 Å². The van der Waals surface area contributed by atoms with Gasteiger partial charge < -0.3 is 47.8 Å². The third-order valence-electron chi connectivity index (χ3n) is 8.31. The third-order valence-corrected chi connectivity index (χ3v) is 8.31. The summed E-state index contributed by atoms with van der Waals surface area (Å²) in [5.41, 5.74) is 8.55. The maximum absolute atomic E-state index is 13.2. The molecule has 0 unspecified atom stereocenters. The van der Waals surface area contributed by atoms with E-state index in [0.717, 1.165) is 0 Å². The van der Waals surface area contributed by atoms with Crippen LogP contribution in [0.2, 0.25) is 0 Å². The van der Waals surface area contributed by atoms with Crippen LogP contribution in [0.15, 0.2) is 54.6 Å². The van der Waals surface area contributed by atoms with Crippen molar-refractivity contribution in [3.8, 4) is 5.75 Å². The molecule has 0 aromatic heterocycles. The zero-order valence-electron chi connectivity index (χ0n) is 31.4. The molecule has 0 fully saturated rings. The van der Waals surface area contributed by atoms with Crippen molar-refractivity contribution in [2.24, 2.45) is 11.7 Å². The van der Waals surface area contributed by atoms with Crippen molar-refractivity contribution in [2.75, 3.05) is 19.6 Å². The molecule has 0 aliphatic heterocycles. The van der Waals surface area contributed by atoms with Crippen LogP contribution in [0.4, 0.5) is 0 Å². The quantitative estimate of drug-likeness (QED) is 0.0326. The first-order chi connectivity index (χ1) is 26.5. The van der Waals surface area contributed by atoms with Crippen LogP contribution in [0.3, 0.4) is 0 Å². The molecule has 0 spiro atoms. The molecule has 0 heterocycles. The smallest absolute Gasteiger partial charge is 0.326 e. The number of unbranched alkanes of at least 4 members (excludes halogenated alkanes) is 1. The molecule has 0 saturated heterocycles. The number of rotatable bonds is 24. The Balaban J connectivity index is 1.96. The predicted octanol–water partition coefficient (Wildman–Crippen LogP) is -1.61. The summed E-state index contributed by atoms with van der Waals surface area (Å²) in [4.78, 5) is 100. The number of phenols is 1. The van der Waals surface area contributed by atoms with Crippen LogP contribution < -0.4 is 43.1 Å². The van der Waals surface area contributed by atoms with Crippen molar-refractivity contribution in [3.05, 3.63) is 75.8 Å². The second-order valence-electron chi connectivity index (χ2n) is 13.3. The van der Waals surface area contributed by atoms with Crippen molar-refractivity contribution >= 4 is 41.4 Å². The minimum atomic E-state index is -1.37. The van der Waals surface area contributed by atoms with Crippen LogP contribution in [-0.4, -0.2) is 107 Å². The first-order valence-corrected chi connectivity index (χ1v) is 17.9. The lowest BCUT2D eigenvalue weighted by atomic mass is 10.0. The van der Waals surface area contributed by atoms with E-state index in [1.165, 1.54) is 31.2 Å². The molecule has 2 rings (SSSR count). The zero-order chi connectivity index (χ0) is 41.8. The molecule has 0 saturated carbocycles. The minimum absolute atomic E-state index is 0.0239. The van der Waals surface area contributed by atoms with E-state index in [1.807, 2.05) is 5.43 Å². The molecule has 6 amide bonds. The number of hydrogen-bond acceptors (Lipinski definition) is 11. The van der Waals surface area contributed by atoms with E-state index in [1.54, 1.807) is 44.2 Å². The minimum Gasteiger partial charge on any atom is -0.508 e. The molecule has 306 valence electrons. The molecule has 0 aliphatic rings. The van der Waals surface area contributed by atoms with Gasteiger partial charge in [0.25, 0.3) is 0 Å². The number of hydrogen-bond donors (Lipinski definition) is 10. The number of nitrogens with two attached hydrogens (primary N) is 1. The van der Waals surface area contributed by atoms with Crippen LogP contribution in [0.5, 0.6) is 5.75 Å². The number of aliphatic carboxylic acids is 1. The number of nitro groups is 1. The lowest BCUT2D eigenvalue weighted by molar-refractivity contribution is -0.548. The van der Waals surface area contributed by atoms with Gasteiger partial charge >= 0.3 is 5.97 Å². The van der Waals surface area contributed by atoms with E-state index in [2.05, 4.69) is 31.9 Å². The third kappa shape index (κ3) is 16.8. The van der Waals surface area contributed by atoms with Gasteiger partial charge in [-0.05, 0) is 61.9 Å². The van der Waals surface area contributed by atoms with Gasteiger partial charge in [-0.3, -0.25) is 28.8 Å². The molecule has 0 aliphatic carbocycles. The highest BCUT2D eigenvalue weighted by molar-refractivity contribution is 5.95. The molecule has 0 bridgehead atoms. The summed E-state index contributed by atoms with van der Waals surface area (Å²) in [5.74, 6) is -6.49. The first kappa shape index (κ1) is 45.8. The lowest BCUT2D eigenvalue weighted by Gasteiger charge is -2.24. The highest BCUT2D eigenvalue weighted by Gasteiger charge is 2.30. The Morgan fingerprint density at radius 3 is 1.84 bits per heavy atom. The highest BCUT2D eigenvalue weighted by atomic mass is 16.7. The highest BCUT2D eigenvalue weighted by Crippen LogP contribution is 2.12. The number of carbonyl (C=O) groups is 7. The number of benzene rings is 2. The maximum atomic E-state index is 13.2. The van der Waals surface area contributed by atoms with Crippen molar-refractivity contribution in [2.45, 2.75) is 83.1 Å². The number of amides is 6. The van der Waals surface area contributed by atoms with Gasteiger partial charge in [0.1, 0.15) is 29.9 Å². The van der Waals surface area contributed by atoms with Crippen LogP contribution in [-0.2, 0) is 46.4 Å².